The molecule has 3 heterocycles. The molecule has 7 nitrogen and oxygen atoms in total. The summed E-state index contributed by atoms with van der Waals surface area (Å²) in [6.07, 6.45) is 1.25. The molecule has 0 atom stereocenters. The molecule has 0 saturated carbocycles. The summed E-state index contributed by atoms with van der Waals surface area (Å²) in [5, 5.41) is 5.56. The van der Waals surface area contributed by atoms with Crippen molar-refractivity contribution in [1.29, 1.82) is 0 Å². The zero-order valence-corrected chi connectivity index (χ0v) is 21.0. The number of aromatic nitrogens is 1. The second-order valence-electron chi connectivity index (χ2n) is 8.93. The van der Waals surface area contributed by atoms with E-state index in [2.05, 4.69) is 47.6 Å². The number of hydrogen-bond donors (Lipinski definition) is 1. The first-order valence-corrected chi connectivity index (χ1v) is 13.6. The third kappa shape index (κ3) is 4.14. The van der Waals surface area contributed by atoms with Crippen molar-refractivity contribution < 1.29 is 13.2 Å². The molecule has 5 rings (SSSR count). The molecule has 0 spiro atoms. The normalized spacial score (nSPS) is 17.4. The Balaban J connectivity index is 1.24. The number of piperidine rings is 1. The summed E-state index contributed by atoms with van der Waals surface area (Å²) in [6, 6.07) is 11.2. The molecule has 0 radical (unpaired) electrons. The highest BCUT2D eigenvalue weighted by atomic mass is 32.2. The highest BCUT2D eigenvalue weighted by molar-refractivity contribution is 7.90. The predicted molar refractivity (Wildman–Crippen MR) is 135 cm³/mol. The van der Waals surface area contributed by atoms with Gasteiger partial charge in [-0.2, -0.15) is 8.42 Å². The zero-order valence-electron chi connectivity index (χ0n) is 19.3. The lowest BCUT2D eigenvalue weighted by molar-refractivity contribution is -0.120. The minimum Gasteiger partial charge on any atom is -0.355 e. The number of sulfonamides is 1. The maximum Gasteiger partial charge on any atom is 0.285 e. The highest BCUT2D eigenvalue weighted by Crippen LogP contribution is 2.32. The smallest absolute Gasteiger partial charge is 0.285 e. The van der Waals surface area contributed by atoms with Gasteiger partial charge in [0.15, 0.2) is 11.0 Å². The second kappa shape index (κ2) is 8.63. The molecule has 2 aromatic carbocycles. The van der Waals surface area contributed by atoms with Gasteiger partial charge in [0.2, 0.25) is 5.91 Å². The number of carbonyl (C=O) groups excluding carboxylic acids is 1. The number of fused-ring (bicyclic) bond motifs is 1. The first-order chi connectivity index (χ1) is 16.2. The SMILES string of the molecule is Cc1cc(C)c(-c2csc(NC(=O)C3CCN(C4=NS(=O)(=O)c5ccccc54)CC3)n2)cc1C. The lowest BCUT2D eigenvalue weighted by atomic mass is 9.95. The zero-order chi connectivity index (χ0) is 24.0. The third-order valence-electron chi connectivity index (χ3n) is 6.63. The van der Waals surface area contributed by atoms with Gasteiger partial charge in [0.05, 0.1) is 5.69 Å². The summed E-state index contributed by atoms with van der Waals surface area (Å²) in [6.45, 7) is 7.41. The Kier molecular flexibility index (Phi) is 5.77. The molecule has 1 aromatic heterocycles. The molecule has 34 heavy (non-hydrogen) atoms. The number of rotatable bonds is 3. The van der Waals surface area contributed by atoms with E-state index in [-0.39, 0.29) is 16.7 Å². The Bertz CT molecular complexity index is 1420. The number of likely N-dealkylation sites (tertiary alicyclic amines) is 1. The van der Waals surface area contributed by atoms with Crippen LogP contribution in [-0.4, -0.2) is 43.1 Å². The van der Waals surface area contributed by atoms with Gasteiger partial charge in [-0.3, -0.25) is 4.79 Å². The van der Waals surface area contributed by atoms with Gasteiger partial charge in [0, 0.05) is 35.5 Å². The van der Waals surface area contributed by atoms with Gasteiger partial charge >= 0.3 is 0 Å². The maximum atomic E-state index is 12.9. The van der Waals surface area contributed by atoms with Crippen LogP contribution in [-0.2, 0) is 14.8 Å². The van der Waals surface area contributed by atoms with Crippen molar-refractivity contribution in [2.75, 3.05) is 18.4 Å². The second-order valence-corrected chi connectivity index (χ2v) is 11.4. The molecule has 0 aliphatic carbocycles. The molecule has 0 bridgehead atoms. The van der Waals surface area contributed by atoms with E-state index in [1.54, 1.807) is 18.2 Å². The van der Waals surface area contributed by atoms with Crippen LogP contribution in [0.4, 0.5) is 5.13 Å². The van der Waals surface area contributed by atoms with Crippen molar-refractivity contribution >= 4 is 38.2 Å². The Morgan fingerprint density at radius 1 is 1.03 bits per heavy atom. The largest absolute Gasteiger partial charge is 0.355 e. The first kappa shape index (κ1) is 22.7. The summed E-state index contributed by atoms with van der Waals surface area (Å²) in [5.41, 5.74) is 6.23. The molecule has 2 aliphatic rings. The number of amidine groups is 1. The fraction of sp³-hybridized carbons (Fsp3) is 0.320. The number of anilines is 1. The summed E-state index contributed by atoms with van der Waals surface area (Å²) in [4.78, 5) is 19.8. The van der Waals surface area contributed by atoms with Gasteiger partial charge in [-0.05, 0) is 68.5 Å². The van der Waals surface area contributed by atoms with Crippen LogP contribution in [0.3, 0.4) is 0 Å². The average molecular weight is 495 g/mol. The Morgan fingerprint density at radius 2 is 1.74 bits per heavy atom. The molecule has 3 aromatic rings. The summed E-state index contributed by atoms with van der Waals surface area (Å²) in [7, 11) is -3.64. The standard InChI is InChI=1S/C25H26N4O3S2/c1-15-12-17(3)20(13-16(15)2)21-14-33-25(26-21)27-24(30)18-8-10-29(11-9-18)23-19-6-4-5-7-22(19)34(31,32)28-23/h4-7,12-14,18H,8-11H2,1-3H3,(H,26,27,30). The van der Waals surface area contributed by atoms with Gasteiger partial charge in [0.25, 0.3) is 10.0 Å². The minimum atomic E-state index is -3.64. The van der Waals surface area contributed by atoms with E-state index in [9.17, 15) is 13.2 Å². The fourth-order valence-electron chi connectivity index (χ4n) is 4.57. The Morgan fingerprint density at radius 3 is 2.50 bits per heavy atom. The number of aryl methyl sites for hydroxylation is 3. The average Bonchev–Trinajstić information content (AvgIpc) is 3.38. The van der Waals surface area contributed by atoms with Crippen LogP contribution in [0, 0.1) is 26.7 Å². The van der Waals surface area contributed by atoms with E-state index in [0.29, 0.717) is 42.5 Å². The summed E-state index contributed by atoms with van der Waals surface area (Å²) < 4.78 is 28.7. The van der Waals surface area contributed by atoms with Gasteiger partial charge in [-0.25, -0.2) is 4.98 Å². The van der Waals surface area contributed by atoms with E-state index in [1.165, 1.54) is 22.5 Å². The van der Waals surface area contributed by atoms with Crippen LogP contribution in [0.5, 0.6) is 0 Å². The topological polar surface area (TPSA) is 91.7 Å². The van der Waals surface area contributed by atoms with E-state index < -0.39 is 10.0 Å². The lowest BCUT2D eigenvalue weighted by Gasteiger charge is -2.32. The van der Waals surface area contributed by atoms with Crippen molar-refractivity contribution in [3.63, 3.8) is 0 Å². The van der Waals surface area contributed by atoms with Gasteiger partial charge in [0.1, 0.15) is 4.90 Å². The quantitative estimate of drug-likeness (QED) is 0.577. The van der Waals surface area contributed by atoms with Crippen LogP contribution in [0.2, 0.25) is 0 Å². The van der Waals surface area contributed by atoms with Crippen molar-refractivity contribution in [3.05, 3.63) is 64.0 Å². The van der Waals surface area contributed by atoms with Crippen LogP contribution in [0.1, 0.15) is 35.1 Å². The van der Waals surface area contributed by atoms with E-state index in [4.69, 9.17) is 0 Å². The molecular weight excluding hydrogens is 468 g/mol. The molecule has 9 heteroatoms. The molecule has 1 fully saturated rings. The number of nitrogens with zero attached hydrogens (tertiary/aromatic N) is 3. The molecule has 2 aliphatic heterocycles. The number of benzene rings is 2. The van der Waals surface area contributed by atoms with Crippen LogP contribution in [0.25, 0.3) is 11.3 Å². The van der Waals surface area contributed by atoms with E-state index in [1.807, 2.05) is 16.3 Å². The predicted octanol–water partition coefficient (Wildman–Crippen LogP) is 4.53. The van der Waals surface area contributed by atoms with Crippen molar-refractivity contribution in [2.45, 2.75) is 38.5 Å². The van der Waals surface area contributed by atoms with Crippen LogP contribution in [0.15, 0.2) is 51.1 Å². The molecule has 1 N–H and O–H groups in total. The monoisotopic (exact) mass is 494 g/mol. The number of carbonyl (C=O) groups is 1. The number of amides is 1. The van der Waals surface area contributed by atoms with Gasteiger partial charge < -0.3 is 10.2 Å². The lowest BCUT2D eigenvalue weighted by Crippen LogP contribution is -2.41. The Hall–Kier alpha value is -3.04. The van der Waals surface area contributed by atoms with Crippen molar-refractivity contribution in [2.24, 2.45) is 10.3 Å². The maximum absolute atomic E-state index is 12.9. The first-order valence-electron chi connectivity index (χ1n) is 11.3. The summed E-state index contributed by atoms with van der Waals surface area (Å²) >= 11 is 1.43. The fourth-order valence-corrected chi connectivity index (χ4v) is 6.51. The number of thiazole rings is 1. The van der Waals surface area contributed by atoms with Gasteiger partial charge in [-0.1, -0.05) is 18.2 Å². The van der Waals surface area contributed by atoms with E-state index >= 15 is 0 Å². The van der Waals surface area contributed by atoms with Crippen LogP contribution >= 0.6 is 11.3 Å². The molecule has 176 valence electrons. The van der Waals surface area contributed by atoms with Crippen LogP contribution < -0.4 is 5.32 Å². The molecule has 1 amide bonds. The number of hydrogen-bond acceptors (Lipinski definition) is 6. The molecular formula is C25H26N4O3S2. The van der Waals surface area contributed by atoms with Gasteiger partial charge in [-0.15, -0.1) is 15.7 Å². The van der Waals surface area contributed by atoms with Crippen molar-refractivity contribution in [1.82, 2.24) is 9.88 Å². The molecule has 1 saturated heterocycles. The third-order valence-corrected chi connectivity index (χ3v) is 8.71. The van der Waals surface area contributed by atoms with Crippen molar-refractivity contribution in [3.8, 4) is 11.3 Å². The van der Waals surface area contributed by atoms with E-state index in [0.717, 1.165) is 16.8 Å². The minimum absolute atomic E-state index is 0.0428. The highest BCUT2D eigenvalue weighted by Gasteiger charge is 2.34. The number of nitrogens with one attached hydrogen (secondary N) is 1. The Labute approximate surface area is 203 Å². The molecule has 0 unspecified atom stereocenters. The summed E-state index contributed by atoms with van der Waals surface area (Å²) in [5.74, 6) is 0.294.